The highest BCUT2D eigenvalue weighted by atomic mass is 35.5. The van der Waals surface area contributed by atoms with E-state index in [1.807, 2.05) is 0 Å². The van der Waals surface area contributed by atoms with E-state index in [1.165, 1.54) is 12.1 Å². The molecule has 4 N–H and O–H groups in total. The molecule has 3 atom stereocenters. The Morgan fingerprint density at radius 2 is 2.09 bits per heavy atom. The SMILES string of the molecule is N=C/C(Cl)=C\C(=O)NCCC(=O)NC12CCC1C(NC(=O)COc1ccc(Cl)c(F)c1)C2. The van der Waals surface area contributed by atoms with Gasteiger partial charge in [-0.2, -0.15) is 0 Å². The van der Waals surface area contributed by atoms with Crippen molar-refractivity contribution in [3.8, 4) is 5.75 Å². The fourth-order valence-electron chi connectivity index (χ4n) is 4.05. The number of halogens is 3. The van der Waals surface area contributed by atoms with Crippen LogP contribution in [0.4, 0.5) is 4.39 Å². The number of rotatable bonds is 10. The van der Waals surface area contributed by atoms with E-state index in [0.717, 1.165) is 31.2 Å². The third-order valence-corrected chi connectivity index (χ3v) is 6.26. The van der Waals surface area contributed by atoms with Gasteiger partial charge in [-0.3, -0.25) is 14.4 Å². The van der Waals surface area contributed by atoms with Crippen molar-refractivity contribution in [2.75, 3.05) is 13.2 Å². The van der Waals surface area contributed by atoms with Crippen molar-refractivity contribution in [3.63, 3.8) is 0 Å². The van der Waals surface area contributed by atoms with Gasteiger partial charge in [0.05, 0.1) is 10.1 Å². The molecule has 0 bridgehead atoms. The Labute approximate surface area is 194 Å². The van der Waals surface area contributed by atoms with Crippen LogP contribution < -0.4 is 20.7 Å². The first kappa shape index (κ1) is 24.0. The lowest BCUT2D eigenvalue weighted by molar-refractivity contribution is -0.137. The number of hydrogen-bond donors (Lipinski definition) is 4. The van der Waals surface area contributed by atoms with Crippen LogP contribution in [0.25, 0.3) is 0 Å². The van der Waals surface area contributed by atoms with E-state index < -0.39 is 11.7 Å². The van der Waals surface area contributed by atoms with Crippen LogP contribution in [-0.2, 0) is 14.4 Å². The molecule has 0 aromatic heterocycles. The van der Waals surface area contributed by atoms with Crippen LogP contribution in [0.2, 0.25) is 5.02 Å². The Hall–Kier alpha value is -2.65. The maximum Gasteiger partial charge on any atom is 0.258 e. The molecule has 0 saturated heterocycles. The fourth-order valence-corrected chi connectivity index (χ4v) is 4.27. The van der Waals surface area contributed by atoms with Crippen LogP contribution >= 0.6 is 23.2 Å². The van der Waals surface area contributed by atoms with Crippen LogP contribution in [0.1, 0.15) is 25.7 Å². The summed E-state index contributed by atoms with van der Waals surface area (Å²) < 4.78 is 18.7. The van der Waals surface area contributed by atoms with E-state index in [2.05, 4.69) is 16.0 Å². The topological polar surface area (TPSA) is 120 Å². The molecule has 0 heterocycles. The molecule has 8 nitrogen and oxygen atoms in total. The van der Waals surface area contributed by atoms with E-state index >= 15 is 0 Å². The minimum Gasteiger partial charge on any atom is -0.484 e. The zero-order valence-corrected chi connectivity index (χ0v) is 18.6. The molecule has 2 fully saturated rings. The molecule has 3 unspecified atom stereocenters. The fraction of sp³-hybridized carbons (Fsp3) is 0.429. The summed E-state index contributed by atoms with van der Waals surface area (Å²) in [7, 11) is 0. The van der Waals surface area contributed by atoms with Gasteiger partial charge in [0.2, 0.25) is 11.8 Å². The number of nitrogens with one attached hydrogen (secondary N) is 4. The largest absolute Gasteiger partial charge is 0.484 e. The Morgan fingerprint density at radius 1 is 1.31 bits per heavy atom. The average Bonchev–Trinajstić information content (AvgIpc) is 2.73. The lowest BCUT2D eigenvalue weighted by Gasteiger charge is -2.63. The molecule has 2 aliphatic rings. The molecule has 0 aliphatic heterocycles. The van der Waals surface area contributed by atoms with Crippen molar-refractivity contribution in [3.05, 3.63) is 40.1 Å². The minimum absolute atomic E-state index is 0.00330. The van der Waals surface area contributed by atoms with Crippen LogP contribution in [-0.4, -0.2) is 48.7 Å². The highest BCUT2D eigenvalue weighted by Gasteiger charge is 2.60. The van der Waals surface area contributed by atoms with Gasteiger partial charge in [0.25, 0.3) is 5.91 Å². The van der Waals surface area contributed by atoms with E-state index in [9.17, 15) is 18.8 Å². The van der Waals surface area contributed by atoms with Gasteiger partial charge >= 0.3 is 0 Å². The summed E-state index contributed by atoms with van der Waals surface area (Å²) in [4.78, 5) is 36.0. The number of benzene rings is 1. The summed E-state index contributed by atoms with van der Waals surface area (Å²) in [5.41, 5.74) is -0.317. The van der Waals surface area contributed by atoms with Crippen molar-refractivity contribution in [1.29, 1.82) is 5.41 Å². The maximum absolute atomic E-state index is 13.4. The molecule has 1 aromatic carbocycles. The predicted octanol–water partition coefficient (Wildman–Crippen LogP) is 2.29. The summed E-state index contributed by atoms with van der Waals surface area (Å²) in [5, 5.41) is 15.3. The maximum atomic E-state index is 13.4. The number of hydrogen-bond acceptors (Lipinski definition) is 5. The Bertz CT molecular complexity index is 958. The first-order valence-electron chi connectivity index (χ1n) is 10.1. The van der Waals surface area contributed by atoms with Crippen molar-refractivity contribution >= 4 is 47.1 Å². The van der Waals surface area contributed by atoms with E-state index in [1.54, 1.807) is 0 Å². The van der Waals surface area contributed by atoms with Crippen molar-refractivity contribution in [2.24, 2.45) is 5.92 Å². The molecule has 2 aliphatic carbocycles. The zero-order valence-electron chi connectivity index (χ0n) is 17.1. The summed E-state index contributed by atoms with van der Waals surface area (Å²) in [6, 6.07) is 3.90. The van der Waals surface area contributed by atoms with Gasteiger partial charge in [-0.25, -0.2) is 4.39 Å². The van der Waals surface area contributed by atoms with Gasteiger partial charge in [0.1, 0.15) is 11.6 Å². The molecule has 1 aromatic rings. The third kappa shape index (κ3) is 5.77. The molecular weight excluding hydrogens is 462 g/mol. The Kier molecular flexibility index (Phi) is 7.73. The van der Waals surface area contributed by atoms with Gasteiger partial charge in [-0.1, -0.05) is 23.2 Å². The quantitative estimate of drug-likeness (QED) is 0.300. The summed E-state index contributed by atoms with van der Waals surface area (Å²) in [6.07, 6.45) is 4.37. The predicted molar refractivity (Wildman–Crippen MR) is 117 cm³/mol. The molecule has 0 radical (unpaired) electrons. The van der Waals surface area contributed by atoms with Crippen molar-refractivity contribution in [2.45, 2.75) is 37.3 Å². The van der Waals surface area contributed by atoms with E-state index in [-0.39, 0.29) is 64.7 Å². The highest BCUT2D eigenvalue weighted by Crippen LogP contribution is 2.53. The lowest BCUT2D eigenvalue weighted by Crippen LogP contribution is -2.76. The first-order valence-corrected chi connectivity index (χ1v) is 10.8. The Morgan fingerprint density at radius 3 is 2.72 bits per heavy atom. The van der Waals surface area contributed by atoms with E-state index in [0.29, 0.717) is 6.42 Å². The minimum atomic E-state index is -0.621. The molecule has 2 saturated carbocycles. The smallest absolute Gasteiger partial charge is 0.258 e. The second-order valence-corrected chi connectivity index (χ2v) is 8.65. The molecule has 172 valence electrons. The van der Waals surface area contributed by atoms with Crippen molar-refractivity contribution < 1.29 is 23.5 Å². The number of fused-ring (bicyclic) bond motifs is 1. The molecule has 32 heavy (non-hydrogen) atoms. The molecule has 3 amide bonds. The molecular formula is C21H23Cl2FN4O4. The average molecular weight is 485 g/mol. The molecule has 11 heteroatoms. The number of carbonyl (C=O) groups is 3. The molecule has 3 rings (SSSR count). The van der Waals surface area contributed by atoms with E-state index in [4.69, 9.17) is 33.3 Å². The number of ether oxygens (including phenoxy) is 1. The lowest BCUT2D eigenvalue weighted by atomic mass is 9.50. The standard InChI is InChI=1S/C21H23Cl2FN4O4/c22-12(10-25)7-19(30)26-6-4-18(29)28-21-5-3-14(21)17(9-21)27-20(31)11-32-13-1-2-15(23)16(24)8-13/h1-2,7-8,10,14,17,25H,3-6,9,11H2,(H,26,30)(H,27,31)(H,28,29)/b12-7+,25-10?. The second kappa shape index (κ2) is 10.3. The van der Waals surface area contributed by atoms with Crippen molar-refractivity contribution in [1.82, 2.24) is 16.0 Å². The first-order chi connectivity index (χ1) is 15.2. The van der Waals surface area contributed by atoms with Gasteiger partial charge < -0.3 is 26.1 Å². The number of carbonyl (C=O) groups excluding carboxylic acids is 3. The van der Waals surface area contributed by atoms with Gasteiger partial charge in [0.15, 0.2) is 6.61 Å². The van der Waals surface area contributed by atoms with Crippen LogP contribution in [0.15, 0.2) is 29.3 Å². The third-order valence-electron chi connectivity index (χ3n) is 5.74. The summed E-state index contributed by atoms with van der Waals surface area (Å²) >= 11 is 11.2. The van der Waals surface area contributed by atoms with Gasteiger partial charge in [0, 0.05) is 48.8 Å². The summed E-state index contributed by atoms with van der Waals surface area (Å²) in [5.74, 6) is -1.24. The number of amides is 3. The van der Waals surface area contributed by atoms with Crippen LogP contribution in [0, 0.1) is 17.1 Å². The highest BCUT2D eigenvalue weighted by molar-refractivity contribution is 6.40. The second-order valence-electron chi connectivity index (χ2n) is 7.81. The van der Waals surface area contributed by atoms with Gasteiger partial charge in [-0.05, 0) is 31.4 Å². The Balaban J connectivity index is 1.37. The monoisotopic (exact) mass is 484 g/mol. The van der Waals surface area contributed by atoms with Crippen LogP contribution in [0.5, 0.6) is 5.75 Å². The van der Waals surface area contributed by atoms with Crippen LogP contribution in [0.3, 0.4) is 0 Å². The normalized spacial score (nSPS) is 23.7. The zero-order chi connectivity index (χ0) is 23.3. The summed E-state index contributed by atoms with van der Waals surface area (Å²) in [6.45, 7) is -0.104. The number of allylic oxidation sites excluding steroid dienone is 1. The molecule has 0 spiro atoms. The van der Waals surface area contributed by atoms with Gasteiger partial charge in [-0.15, -0.1) is 0 Å².